The first-order chi connectivity index (χ1) is 8.58. The van der Waals surface area contributed by atoms with Gasteiger partial charge in [0.05, 0.1) is 0 Å². The van der Waals surface area contributed by atoms with Crippen molar-refractivity contribution in [3.63, 3.8) is 0 Å². The predicted octanol–water partition coefficient (Wildman–Crippen LogP) is 3.31. The summed E-state index contributed by atoms with van der Waals surface area (Å²) < 4.78 is 26.0. The molecule has 0 saturated carbocycles. The highest BCUT2D eigenvalue weighted by Crippen LogP contribution is 2.24. The Morgan fingerprint density at radius 3 is 2.39 bits per heavy atom. The van der Waals surface area contributed by atoms with Gasteiger partial charge in [-0.3, -0.25) is 0 Å². The van der Waals surface area contributed by atoms with Crippen molar-refractivity contribution in [1.82, 2.24) is 0 Å². The fraction of sp³-hybridized carbons (Fsp3) is 0.143. The quantitative estimate of drug-likeness (QED) is 0.902. The second kappa shape index (κ2) is 5.04. The lowest BCUT2D eigenvalue weighted by atomic mass is 10.1. The van der Waals surface area contributed by atoms with Crippen molar-refractivity contribution in [2.75, 3.05) is 11.9 Å². The second-order valence-corrected chi connectivity index (χ2v) is 4.08. The number of phenolic OH excluding ortho intramolecular Hbond substituents is 1. The van der Waals surface area contributed by atoms with Gasteiger partial charge >= 0.3 is 0 Å². The van der Waals surface area contributed by atoms with Gasteiger partial charge in [-0.15, -0.1) is 0 Å². The standard InChI is InChI=1S/C14H13F2NO/c1-17(12-7-5-11(15)6-8-12)9-10-3-2-4-13(16)14(10)18/h2-8,18H,9H2,1H3. The highest BCUT2D eigenvalue weighted by molar-refractivity contribution is 5.47. The molecule has 94 valence electrons. The van der Waals surface area contributed by atoms with Gasteiger partial charge in [0.1, 0.15) is 5.82 Å². The lowest BCUT2D eigenvalue weighted by Gasteiger charge is -2.20. The summed E-state index contributed by atoms with van der Waals surface area (Å²) in [6.45, 7) is 0.342. The Morgan fingerprint density at radius 2 is 1.72 bits per heavy atom. The van der Waals surface area contributed by atoms with Crippen LogP contribution in [0.3, 0.4) is 0 Å². The van der Waals surface area contributed by atoms with Crippen molar-refractivity contribution in [2.24, 2.45) is 0 Å². The minimum absolute atomic E-state index is 0.305. The summed E-state index contributed by atoms with van der Waals surface area (Å²) in [5.41, 5.74) is 1.28. The maximum Gasteiger partial charge on any atom is 0.165 e. The number of para-hydroxylation sites is 1. The first kappa shape index (κ1) is 12.4. The molecule has 0 atom stereocenters. The molecule has 2 rings (SSSR count). The number of phenols is 1. The highest BCUT2D eigenvalue weighted by Gasteiger charge is 2.09. The third-order valence-electron chi connectivity index (χ3n) is 2.75. The van der Waals surface area contributed by atoms with Gasteiger partial charge in [0.2, 0.25) is 0 Å². The van der Waals surface area contributed by atoms with Gasteiger partial charge in [0, 0.05) is 24.8 Å². The molecule has 2 aromatic rings. The fourth-order valence-corrected chi connectivity index (χ4v) is 1.73. The van der Waals surface area contributed by atoms with E-state index < -0.39 is 5.82 Å². The van der Waals surface area contributed by atoms with Crippen molar-refractivity contribution in [3.05, 3.63) is 59.7 Å². The van der Waals surface area contributed by atoms with Gasteiger partial charge in [0.15, 0.2) is 11.6 Å². The third kappa shape index (κ3) is 2.59. The van der Waals surface area contributed by atoms with E-state index in [1.54, 1.807) is 36.2 Å². The van der Waals surface area contributed by atoms with E-state index in [0.717, 1.165) is 5.69 Å². The van der Waals surface area contributed by atoms with E-state index in [0.29, 0.717) is 12.1 Å². The zero-order valence-electron chi connectivity index (χ0n) is 9.90. The molecule has 2 nitrogen and oxygen atoms in total. The number of rotatable bonds is 3. The van der Waals surface area contributed by atoms with Gasteiger partial charge in [0.25, 0.3) is 0 Å². The van der Waals surface area contributed by atoms with Crippen LogP contribution in [0.25, 0.3) is 0 Å². The van der Waals surface area contributed by atoms with Gasteiger partial charge in [-0.2, -0.15) is 0 Å². The van der Waals surface area contributed by atoms with Crippen LogP contribution in [0.15, 0.2) is 42.5 Å². The topological polar surface area (TPSA) is 23.5 Å². The Hall–Kier alpha value is -2.10. The summed E-state index contributed by atoms with van der Waals surface area (Å²) in [7, 11) is 1.79. The van der Waals surface area contributed by atoms with Crippen LogP contribution in [0.5, 0.6) is 5.75 Å². The minimum atomic E-state index is -0.639. The third-order valence-corrected chi connectivity index (χ3v) is 2.75. The fourth-order valence-electron chi connectivity index (χ4n) is 1.73. The van der Waals surface area contributed by atoms with Crippen LogP contribution in [0.4, 0.5) is 14.5 Å². The average molecular weight is 249 g/mol. The van der Waals surface area contributed by atoms with E-state index in [2.05, 4.69) is 0 Å². The molecular weight excluding hydrogens is 236 g/mol. The van der Waals surface area contributed by atoms with E-state index in [4.69, 9.17) is 0 Å². The Kier molecular flexibility index (Phi) is 3.46. The molecule has 0 amide bonds. The van der Waals surface area contributed by atoms with Crippen LogP contribution < -0.4 is 4.90 Å². The molecule has 0 unspecified atom stereocenters. The normalized spacial score (nSPS) is 10.4. The number of hydrogen-bond donors (Lipinski definition) is 1. The minimum Gasteiger partial charge on any atom is -0.505 e. The van der Waals surface area contributed by atoms with Crippen molar-refractivity contribution in [1.29, 1.82) is 0 Å². The van der Waals surface area contributed by atoms with E-state index in [9.17, 15) is 13.9 Å². The van der Waals surface area contributed by atoms with E-state index in [1.165, 1.54) is 18.2 Å². The number of aromatic hydroxyl groups is 1. The molecule has 4 heteroatoms. The number of anilines is 1. The zero-order chi connectivity index (χ0) is 13.1. The molecule has 1 N–H and O–H groups in total. The van der Waals surface area contributed by atoms with E-state index in [1.807, 2.05) is 0 Å². The summed E-state index contributed by atoms with van der Waals surface area (Å²) in [5.74, 6) is -1.28. The monoisotopic (exact) mass is 249 g/mol. The summed E-state index contributed by atoms with van der Waals surface area (Å²) in [4.78, 5) is 1.80. The molecule has 0 heterocycles. The molecule has 0 aliphatic heterocycles. The van der Waals surface area contributed by atoms with Crippen molar-refractivity contribution >= 4 is 5.69 Å². The number of benzene rings is 2. The molecule has 0 fully saturated rings. The molecule has 0 aliphatic carbocycles. The van der Waals surface area contributed by atoms with Gasteiger partial charge in [-0.25, -0.2) is 8.78 Å². The van der Waals surface area contributed by atoms with Crippen molar-refractivity contribution in [2.45, 2.75) is 6.54 Å². The van der Waals surface area contributed by atoms with Crippen LogP contribution in [0, 0.1) is 11.6 Å². The summed E-state index contributed by atoms with van der Waals surface area (Å²) in [6, 6.07) is 10.4. The van der Waals surface area contributed by atoms with Crippen LogP contribution in [-0.4, -0.2) is 12.2 Å². The maximum absolute atomic E-state index is 13.2. The van der Waals surface area contributed by atoms with Gasteiger partial charge < -0.3 is 10.0 Å². The summed E-state index contributed by atoms with van der Waals surface area (Å²) in [6.07, 6.45) is 0. The molecule has 0 aliphatic rings. The molecular formula is C14H13F2NO. The number of nitrogens with zero attached hydrogens (tertiary/aromatic N) is 1. The van der Waals surface area contributed by atoms with E-state index in [-0.39, 0.29) is 11.6 Å². The average Bonchev–Trinajstić information content (AvgIpc) is 2.36. The Balaban J connectivity index is 2.18. The van der Waals surface area contributed by atoms with Crippen LogP contribution >= 0.6 is 0 Å². The summed E-state index contributed by atoms with van der Waals surface area (Å²) in [5, 5.41) is 9.58. The Bertz CT molecular complexity index is 540. The Morgan fingerprint density at radius 1 is 1.06 bits per heavy atom. The first-order valence-electron chi connectivity index (χ1n) is 5.51. The number of hydrogen-bond acceptors (Lipinski definition) is 2. The second-order valence-electron chi connectivity index (χ2n) is 4.08. The van der Waals surface area contributed by atoms with Gasteiger partial charge in [-0.1, -0.05) is 12.1 Å². The largest absolute Gasteiger partial charge is 0.505 e. The first-order valence-corrected chi connectivity index (χ1v) is 5.51. The molecule has 0 bridgehead atoms. The Labute approximate surface area is 104 Å². The van der Waals surface area contributed by atoms with Crippen LogP contribution in [0.2, 0.25) is 0 Å². The molecule has 18 heavy (non-hydrogen) atoms. The molecule has 0 saturated heterocycles. The smallest absolute Gasteiger partial charge is 0.165 e. The molecule has 0 spiro atoms. The molecule has 0 radical (unpaired) electrons. The lowest BCUT2D eigenvalue weighted by molar-refractivity contribution is 0.425. The van der Waals surface area contributed by atoms with Crippen molar-refractivity contribution in [3.8, 4) is 5.75 Å². The summed E-state index contributed by atoms with van der Waals surface area (Å²) >= 11 is 0. The zero-order valence-corrected chi connectivity index (χ0v) is 9.90. The van der Waals surface area contributed by atoms with Crippen LogP contribution in [0.1, 0.15) is 5.56 Å². The van der Waals surface area contributed by atoms with Crippen LogP contribution in [-0.2, 0) is 6.54 Å². The van der Waals surface area contributed by atoms with E-state index >= 15 is 0 Å². The molecule has 0 aromatic heterocycles. The van der Waals surface area contributed by atoms with Gasteiger partial charge in [-0.05, 0) is 30.3 Å². The molecule has 2 aromatic carbocycles. The highest BCUT2D eigenvalue weighted by atomic mass is 19.1. The SMILES string of the molecule is CN(Cc1cccc(F)c1O)c1ccc(F)cc1. The van der Waals surface area contributed by atoms with Crippen molar-refractivity contribution < 1.29 is 13.9 Å². The maximum atomic E-state index is 13.2. The predicted molar refractivity (Wildman–Crippen MR) is 66.6 cm³/mol. The lowest BCUT2D eigenvalue weighted by Crippen LogP contribution is -2.16. The number of halogens is 2.